The van der Waals surface area contributed by atoms with Crippen molar-refractivity contribution in [3.8, 4) is 5.75 Å². The minimum Gasteiger partial charge on any atom is -0.497 e. The minimum atomic E-state index is -0.127. The molecule has 0 radical (unpaired) electrons. The lowest BCUT2D eigenvalue weighted by atomic mass is 9.88. The second kappa shape index (κ2) is 10.8. The van der Waals surface area contributed by atoms with E-state index in [1.54, 1.807) is 54.5 Å². The second-order valence-electron chi connectivity index (χ2n) is 7.65. The molecule has 3 rings (SSSR count). The molecule has 1 saturated heterocycles. The van der Waals surface area contributed by atoms with E-state index in [1.165, 1.54) is 0 Å². The Morgan fingerprint density at radius 2 is 1.58 bits per heavy atom. The van der Waals surface area contributed by atoms with E-state index < -0.39 is 0 Å². The molecule has 0 aliphatic carbocycles. The molecule has 0 atom stereocenters. The van der Waals surface area contributed by atoms with E-state index in [1.807, 2.05) is 0 Å². The number of nitrogens with zero attached hydrogens (tertiary/aromatic N) is 1. The molecule has 0 spiro atoms. The first-order valence-electron chi connectivity index (χ1n) is 10.3. The molecule has 1 aliphatic heterocycles. The Hall–Kier alpha value is -2.37. The molecule has 2 aromatic carbocycles. The molecule has 1 fully saturated rings. The van der Waals surface area contributed by atoms with Crippen molar-refractivity contribution in [2.24, 2.45) is 5.92 Å². The number of methoxy groups -OCH3 is 1. The zero-order chi connectivity index (χ0) is 22.4. The predicted octanol–water partition coefficient (Wildman–Crippen LogP) is 5.48. The van der Waals surface area contributed by atoms with Crippen LogP contribution in [-0.2, 0) is 4.79 Å². The minimum absolute atomic E-state index is 0.0152. The normalized spacial score (nSPS) is 14.4. The van der Waals surface area contributed by atoms with E-state index in [0.717, 1.165) is 0 Å². The molecular weight excluding hydrogens is 437 g/mol. The standard InChI is InChI=1S/C24H25Cl2NO4/c1-31-19-8-5-16(6-9-19)22(28)3-2-4-23(29)27-13-11-17(12-14-27)24(30)18-7-10-20(25)21(26)15-18/h5-10,15,17H,2-4,11-14H2,1H3. The first kappa shape index (κ1) is 23.3. The van der Waals surface area contributed by atoms with E-state index in [9.17, 15) is 14.4 Å². The average Bonchev–Trinajstić information content (AvgIpc) is 2.80. The first-order valence-corrected chi connectivity index (χ1v) is 11.1. The third-order valence-electron chi connectivity index (χ3n) is 5.63. The zero-order valence-corrected chi connectivity index (χ0v) is 18.9. The number of halogens is 2. The quantitative estimate of drug-likeness (QED) is 0.488. The van der Waals surface area contributed by atoms with Crippen LogP contribution in [0.4, 0.5) is 0 Å². The molecule has 5 nitrogen and oxygen atoms in total. The molecule has 164 valence electrons. The van der Waals surface area contributed by atoms with Crippen molar-refractivity contribution in [2.75, 3.05) is 20.2 Å². The number of carbonyl (C=O) groups excluding carboxylic acids is 3. The summed E-state index contributed by atoms with van der Waals surface area (Å²) in [7, 11) is 1.58. The number of likely N-dealkylation sites (tertiary alicyclic amines) is 1. The molecule has 0 unspecified atom stereocenters. The maximum absolute atomic E-state index is 12.7. The Bertz CT molecular complexity index is 951. The average molecular weight is 462 g/mol. The van der Waals surface area contributed by atoms with Gasteiger partial charge in [-0.2, -0.15) is 0 Å². The Labute approximate surface area is 192 Å². The van der Waals surface area contributed by atoms with Crippen molar-refractivity contribution in [3.63, 3.8) is 0 Å². The molecular formula is C24H25Cl2NO4. The molecule has 1 aliphatic rings. The number of amides is 1. The van der Waals surface area contributed by atoms with Crippen LogP contribution in [0.1, 0.15) is 52.8 Å². The van der Waals surface area contributed by atoms with Gasteiger partial charge in [-0.15, -0.1) is 0 Å². The number of piperidine rings is 1. The summed E-state index contributed by atoms with van der Waals surface area (Å²) in [5.41, 5.74) is 1.17. The SMILES string of the molecule is COc1ccc(C(=O)CCCC(=O)N2CCC(C(=O)c3ccc(Cl)c(Cl)c3)CC2)cc1. The van der Waals surface area contributed by atoms with Crippen molar-refractivity contribution in [3.05, 3.63) is 63.6 Å². The zero-order valence-electron chi connectivity index (χ0n) is 17.4. The third-order valence-corrected chi connectivity index (χ3v) is 6.37. The van der Waals surface area contributed by atoms with Crippen LogP contribution < -0.4 is 4.74 Å². The van der Waals surface area contributed by atoms with Gasteiger partial charge in [0, 0.05) is 43.0 Å². The van der Waals surface area contributed by atoms with Gasteiger partial charge in [0.2, 0.25) is 5.91 Å². The molecule has 1 heterocycles. The van der Waals surface area contributed by atoms with Crippen LogP contribution >= 0.6 is 23.2 Å². The number of Topliss-reactive ketones (excluding diaryl/α,β-unsaturated/α-hetero) is 2. The molecule has 31 heavy (non-hydrogen) atoms. The summed E-state index contributed by atoms with van der Waals surface area (Å²) < 4.78 is 5.09. The summed E-state index contributed by atoms with van der Waals surface area (Å²) in [5.74, 6) is 0.658. The van der Waals surface area contributed by atoms with Crippen LogP contribution in [-0.4, -0.2) is 42.6 Å². The van der Waals surface area contributed by atoms with Gasteiger partial charge in [0.25, 0.3) is 0 Å². The van der Waals surface area contributed by atoms with Gasteiger partial charge in [-0.1, -0.05) is 23.2 Å². The van der Waals surface area contributed by atoms with E-state index >= 15 is 0 Å². The predicted molar refractivity (Wildman–Crippen MR) is 121 cm³/mol. The number of carbonyl (C=O) groups is 3. The van der Waals surface area contributed by atoms with Gasteiger partial charge in [0.1, 0.15) is 5.75 Å². The van der Waals surface area contributed by atoms with E-state index in [0.29, 0.717) is 72.1 Å². The Morgan fingerprint density at radius 1 is 0.935 bits per heavy atom. The van der Waals surface area contributed by atoms with Crippen LogP contribution in [0.3, 0.4) is 0 Å². The summed E-state index contributed by atoms with van der Waals surface area (Å²) in [5, 5.41) is 0.786. The number of benzene rings is 2. The summed E-state index contributed by atoms with van der Waals surface area (Å²) in [6, 6.07) is 11.9. The highest BCUT2D eigenvalue weighted by atomic mass is 35.5. The highest BCUT2D eigenvalue weighted by Crippen LogP contribution is 2.27. The van der Waals surface area contributed by atoms with Crippen molar-refractivity contribution in [2.45, 2.75) is 32.1 Å². The van der Waals surface area contributed by atoms with Crippen LogP contribution in [0, 0.1) is 5.92 Å². The van der Waals surface area contributed by atoms with Gasteiger partial charge in [-0.25, -0.2) is 0 Å². The molecule has 7 heteroatoms. The van der Waals surface area contributed by atoms with Crippen LogP contribution in [0.2, 0.25) is 10.0 Å². The first-order chi connectivity index (χ1) is 14.9. The monoisotopic (exact) mass is 461 g/mol. The van der Waals surface area contributed by atoms with Crippen molar-refractivity contribution < 1.29 is 19.1 Å². The van der Waals surface area contributed by atoms with Gasteiger partial charge in [0.15, 0.2) is 11.6 Å². The molecule has 0 bridgehead atoms. The van der Waals surface area contributed by atoms with E-state index in [4.69, 9.17) is 27.9 Å². The maximum Gasteiger partial charge on any atom is 0.222 e. The van der Waals surface area contributed by atoms with Gasteiger partial charge in [-0.05, 0) is 61.7 Å². The Kier molecular flexibility index (Phi) is 8.10. The number of hydrogen-bond acceptors (Lipinski definition) is 4. The van der Waals surface area contributed by atoms with Crippen LogP contribution in [0.25, 0.3) is 0 Å². The molecule has 0 saturated carbocycles. The fourth-order valence-corrected chi connectivity index (χ4v) is 4.05. The van der Waals surface area contributed by atoms with E-state index in [-0.39, 0.29) is 23.4 Å². The summed E-state index contributed by atoms with van der Waals surface area (Å²) in [6.45, 7) is 1.09. The number of hydrogen-bond donors (Lipinski definition) is 0. The second-order valence-corrected chi connectivity index (χ2v) is 8.47. The summed E-state index contributed by atoms with van der Waals surface area (Å²) in [6.07, 6.45) is 2.40. The fraction of sp³-hybridized carbons (Fsp3) is 0.375. The highest BCUT2D eigenvalue weighted by Gasteiger charge is 2.28. The van der Waals surface area contributed by atoms with Gasteiger partial charge in [-0.3, -0.25) is 14.4 Å². The van der Waals surface area contributed by atoms with Crippen molar-refractivity contribution in [1.29, 1.82) is 0 Å². The fourth-order valence-electron chi connectivity index (χ4n) is 3.76. The lowest BCUT2D eigenvalue weighted by Gasteiger charge is -2.31. The molecule has 0 aromatic heterocycles. The molecule has 0 N–H and O–H groups in total. The lowest BCUT2D eigenvalue weighted by Crippen LogP contribution is -2.40. The summed E-state index contributed by atoms with van der Waals surface area (Å²) >= 11 is 11.9. The maximum atomic E-state index is 12.7. The van der Waals surface area contributed by atoms with Gasteiger partial charge >= 0.3 is 0 Å². The Morgan fingerprint density at radius 3 is 2.19 bits per heavy atom. The van der Waals surface area contributed by atoms with Crippen molar-refractivity contribution in [1.82, 2.24) is 4.90 Å². The van der Waals surface area contributed by atoms with Gasteiger partial charge < -0.3 is 9.64 Å². The van der Waals surface area contributed by atoms with E-state index in [2.05, 4.69) is 0 Å². The molecule has 1 amide bonds. The summed E-state index contributed by atoms with van der Waals surface area (Å²) in [4.78, 5) is 39.3. The highest BCUT2D eigenvalue weighted by molar-refractivity contribution is 6.42. The van der Waals surface area contributed by atoms with Gasteiger partial charge in [0.05, 0.1) is 17.2 Å². The smallest absolute Gasteiger partial charge is 0.222 e. The topological polar surface area (TPSA) is 63.7 Å². The third kappa shape index (κ3) is 6.08. The number of ketones is 2. The Balaban J connectivity index is 1.42. The lowest BCUT2D eigenvalue weighted by molar-refractivity contribution is -0.132. The number of ether oxygens (including phenoxy) is 1. The molecule has 2 aromatic rings. The van der Waals surface area contributed by atoms with Crippen LogP contribution in [0.15, 0.2) is 42.5 Å². The van der Waals surface area contributed by atoms with Crippen molar-refractivity contribution >= 4 is 40.7 Å². The largest absolute Gasteiger partial charge is 0.497 e. The van der Waals surface area contributed by atoms with Crippen LogP contribution in [0.5, 0.6) is 5.75 Å². The number of rotatable bonds is 8.